The van der Waals surface area contributed by atoms with E-state index in [9.17, 15) is 0 Å². The minimum Gasteiger partial charge on any atom is -0.344 e. The van der Waals surface area contributed by atoms with Crippen LogP contribution in [-0.2, 0) is 0 Å². The highest BCUT2D eigenvalue weighted by molar-refractivity contribution is 5.71. The van der Waals surface area contributed by atoms with Crippen LogP contribution in [0.15, 0.2) is 66.4 Å². The lowest BCUT2D eigenvalue weighted by atomic mass is 10.0. The third kappa shape index (κ3) is 9.46. The van der Waals surface area contributed by atoms with E-state index >= 15 is 0 Å². The zero-order chi connectivity index (χ0) is 21.3. The zero-order valence-corrected chi connectivity index (χ0v) is 19.3. The summed E-state index contributed by atoms with van der Waals surface area (Å²) >= 11 is 0. The fourth-order valence-corrected chi connectivity index (χ4v) is 2.40. The predicted molar refractivity (Wildman–Crippen MR) is 124 cm³/mol. The van der Waals surface area contributed by atoms with E-state index in [1.807, 2.05) is 54.5 Å². The van der Waals surface area contributed by atoms with Crippen molar-refractivity contribution >= 4 is 5.70 Å². The molecule has 0 atom stereocenters. The first-order chi connectivity index (χ1) is 12.4. The van der Waals surface area contributed by atoms with Crippen LogP contribution in [0.1, 0.15) is 73.4 Å². The molecule has 0 unspecified atom stereocenters. The van der Waals surface area contributed by atoms with Gasteiger partial charge in [-0.3, -0.25) is 0 Å². The first-order valence-electron chi connectivity index (χ1n) is 9.86. The third-order valence-corrected chi connectivity index (χ3v) is 3.28. The van der Waals surface area contributed by atoms with E-state index in [0.717, 1.165) is 11.3 Å². The van der Waals surface area contributed by atoms with Crippen molar-refractivity contribution in [2.24, 2.45) is 0 Å². The molecule has 1 aromatic rings. The molecule has 148 valence electrons. The Hall–Kier alpha value is -2.02. The lowest BCUT2D eigenvalue weighted by Gasteiger charge is -2.28. The molecule has 1 aromatic carbocycles. The number of allylic oxidation sites excluding steroid dienone is 4. The van der Waals surface area contributed by atoms with Crippen LogP contribution < -0.4 is 0 Å². The van der Waals surface area contributed by atoms with Crippen LogP contribution in [0.25, 0.3) is 5.70 Å². The Bertz CT molecular complexity index is 570. The Morgan fingerprint density at radius 3 is 1.73 bits per heavy atom. The molecule has 0 aliphatic heterocycles. The normalized spacial score (nSPS) is 9.12. The van der Waals surface area contributed by atoms with Gasteiger partial charge in [-0.05, 0) is 44.9 Å². The molecule has 0 radical (unpaired) electrons. The zero-order valence-electron chi connectivity index (χ0n) is 19.3. The molecule has 1 rings (SSSR count). The topological polar surface area (TPSA) is 3.24 Å². The predicted octanol–water partition coefficient (Wildman–Crippen LogP) is 8.40. The number of hydrogen-bond donors (Lipinski definition) is 0. The molecule has 0 heterocycles. The molecule has 0 aromatic heterocycles. The van der Waals surface area contributed by atoms with E-state index in [-0.39, 0.29) is 0 Å². The van der Waals surface area contributed by atoms with Gasteiger partial charge in [0.2, 0.25) is 0 Å². The molecule has 26 heavy (non-hydrogen) atoms. The monoisotopic (exact) mass is 357 g/mol. The second kappa shape index (κ2) is 17.8. The minimum atomic E-state index is 1.03. The first kappa shape index (κ1) is 28.8. The van der Waals surface area contributed by atoms with Gasteiger partial charge in [-0.15, -0.1) is 0 Å². The van der Waals surface area contributed by atoms with Crippen LogP contribution in [0.3, 0.4) is 0 Å². The summed E-state index contributed by atoms with van der Waals surface area (Å²) in [6.07, 6.45) is 3.81. The summed E-state index contributed by atoms with van der Waals surface area (Å²) in [7, 11) is 2.08. The fourth-order valence-electron chi connectivity index (χ4n) is 2.40. The summed E-state index contributed by atoms with van der Waals surface area (Å²) in [5.41, 5.74) is 7.14. The van der Waals surface area contributed by atoms with E-state index in [1.165, 1.54) is 22.4 Å². The molecular weight excluding hydrogens is 314 g/mol. The third-order valence-electron chi connectivity index (χ3n) is 3.28. The summed E-state index contributed by atoms with van der Waals surface area (Å²) in [4.78, 5) is 2.20. The molecule has 0 amide bonds. The van der Waals surface area contributed by atoms with Crippen LogP contribution in [0.2, 0.25) is 0 Å². The summed E-state index contributed by atoms with van der Waals surface area (Å²) in [6, 6.07) is 8.46. The SMILES string of the molecule is C=C/C=C(\C(=C)C)N(C)C(=C(C)C)c1ccccc1C.CC.CC.CC. The quantitative estimate of drug-likeness (QED) is 0.478. The highest BCUT2D eigenvalue weighted by Gasteiger charge is 2.15. The maximum atomic E-state index is 4.07. The van der Waals surface area contributed by atoms with Gasteiger partial charge in [0.15, 0.2) is 0 Å². The van der Waals surface area contributed by atoms with Crippen molar-refractivity contribution in [3.05, 3.63) is 77.5 Å². The summed E-state index contributed by atoms with van der Waals surface area (Å²) in [5.74, 6) is 0. The second-order valence-corrected chi connectivity index (χ2v) is 5.29. The average molecular weight is 358 g/mol. The number of hydrogen-bond acceptors (Lipinski definition) is 1. The standard InChI is InChI=1S/C19H25N.3C2H6/c1-8-11-18(14(2)3)20(7)19(15(4)5)17-13-10-9-12-16(17)6;3*1-2/h8-13H,1-2H2,3-7H3;3*1-2H3/b18-11+;;;. The van der Waals surface area contributed by atoms with Crippen LogP contribution in [0, 0.1) is 6.92 Å². The first-order valence-corrected chi connectivity index (χ1v) is 9.86. The van der Waals surface area contributed by atoms with E-state index in [1.54, 1.807) is 6.08 Å². The molecule has 1 heteroatoms. The van der Waals surface area contributed by atoms with Crippen molar-refractivity contribution in [1.29, 1.82) is 0 Å². The molecule has 0 saturated carbocycles. The van der Waals surface area contributed by atoms with Gasteiger partial charge in [0, 0.05) is 24.0 Å². The Morgan fingerprint density at radius 1 is 0.923 bits per heavy atom. The summed E-state index contributed by atoms with van der Waals surface area (Å²) in [5, 5.41) is 0. The van der Waals surface area contributed by atoms with Crippen LogP contribution in [0.5, 0.6) is 0 Å². The van der Waals surface area contributed by atoms with E-state index in [4.69, 9.17) is 0 Å². The van der Waals surface area contributed by atoms with Crippen molar-refractivity contribution in [2.45, 2.75) is 69.2 Å². The van der Waals surface area contributed by atoms with Crippen molar-refractivity contribution < 1.29 is 0 Å². The van der Waals surface area contributed by atoms with Gasteiger partial charge in [-0.1, -0.05) is 90.6 Å². The second-order valence-electron chi connectivity index (χ2n) is 5.29. The summed E-state index contributed by atoms with van der Waals surface area (Å²) < 4.78 is 0. The smallest absolute Gasteiger partial charge is 0.0470 e. The molecule has 0 fully saturated rings. The van der Waals surface area contributed by atoms with Gasteiger partial charge in [-0.25, -0.2) is 0 Å². The Morgan fingerprint density at radius 2 is 1.38 bits per heavy atom. The number of aryl methyl sites for hydroxylation is 1. The number of benzene rings is 1. The number of rotatable bonds is 5. The van der Waals surface area contributed by atoms with Gasteiger partial charge in [0.05, 0.1) is 0 Å². The van der Waals surface area contributed by atoms with Gasteiger partial charge in [0.1, 0.15) is 0 Å². The van der Waals surface area contributed by atoms with Gasteiger partial charge >= 0.3 is 0 Å². The van der Waals surface area contributed by atoms with Crippen molar-refractivity contribution in [2.75, 3.05) is 7.05 Å². The molecule has 1 nitrogen and oxygen atoms in total. The Balaban J connectivity index is -0.000000795. The highest BCUT2D eigenvalue weighted by atomic mass is 15.1. The van der Waals surface area contributed by atoms with E-state index in [0.29, 0.717) is 0 Å². The van der Waals surface area contributed by atoms with Crippen LogP contribution in [-0.4, -0.2) is 11.9 Å². The van der Waals surface area contributed by atoms with Gasteiger partial charge in [-0.2, -0.15) is 0 Å². The van der Waals surface area contributed by atoms with E-state index in [2.05, 4.69) is 70.1 Å². The van der Waals surface area contributed by atoms with Gasteiger partial charge < -0.3 is 4.90 Å². The molecule has 0 saturated heterocycles. The van der Waals surface area contributed by atoms with E-state index < -0.39 is 0 Å². The minimum absolute atomic E-state index is 1.03. The van der Waals surface area contributed by atoms with Crippen LogP contribution in [0.4, 0.5) is 0 Å². The van der Waals surface area contributed by atoms with Crippen molar-refractivity contribution in [3.63, 3.8) is 0 Å². The molecule has 0 bridgehead atoms. The van der Waals surface area contributed by atoms with Crippen LogP contribution >= 0.6 is 0 Å². The van der Waals surface area contributed by atoms with Crippen molar-refractivity contribution in [3.8, 4) is 0 Å². The maximum absolute atomic E-state index is 4.07. The Kier molecular flexibility index (Phi) is 19.7. The molecule has 0 N–H and O–H groups in total. The largest absolute Gasteiger partial charge is 0.344 e. The molecular formula is C25H43N. The maximum Gasteiger partial charge on any atom is 0.0470 e. The lowest BCUT2D eigenvalue weighted by molar-refractivity contribution is 0.601. The highest BCUT2D eigenvalue weighted by Crippen LogP contribution is 2.29. The number of likely N-dealkylation sites (N-methyl/N-ethyl adjacent to an activating group) is 1. The number of nitrogens with zero attached hydrogens (tertiary/aromatic N) is 1. The lowest BCUT2D eigenvalue weighted by Crippen LogP contribution is -2.18. The average Bonchev–Trinajstić information content (AvgIpc) is 2.65. The van der Waals surface area contributed by atoms with Gasteiger partial charge in [0.25, 0.3) is 0 Å². The van der Waals surface area contributed by atoms with Crippen molar-refractivity contribution in [1.82, 2.24) is 4.90 Å². The summed E-state index contributed by atoms with van der Waals surface area (Å²) in [6.45, 7) is 28.3. The molecule has 0 aliphatic carbocycles. The molecule has 0 spiro atoms. The molecule has 0 aliphatic rings. The Labute approximate surface area is 164 Å². The fraction of sp³-hybridized carbons (Fsp3) is 0.440.